The number of hydrogen-bond acceptors (Lipinski definition) is 6. The first-order valence-electron chi connectivity index (χ1n) is 10.7. The minimum Gasteiger partial charge on any atom is -0.292 e. The van der Waals surface area contributed by atoms with Crippen LogP contribution in [0.4, 0.5) is 10.1 Å². The molecule has 4 atom stereocenters. The van der Waals surface area contributed by atoms with E-state index in [0.717, 1.165) is 34.3 Å². The molecule has 10 heteroatoms. The molecule has 1 saturated carbocycles. The van der Waals surface area contributed by atoms with E-state index in [2.05, 4.69) is 0 Å². The SMILES string of the molecule is O=C(CN(C(=O)c1ccc([N+](=O)[O-])cc1)N1C(=O)[C@@H]2[C@@H](C1=O)[C@H]1C=C[C@H]2C1)c1ccc(F)cc1. The van der Waals surface area contributed by atoms with Crippen molar-refractivity contribution in [1.82, 2.24) is 10.0 Å². The van der Waals surface area contributed by atoms with Gasteiger partial charge in [0.05, 0.1) is 16.8 Å². The number of allylic oxidation sites excluding steroid dienone is 2. The average Bonchev–Trinajstić information content (AvgIpc) is 3.51. The molecule has 34 heavy (non-hydrogen) atoms. The monoisotopic (exact) mass is 463 g/mol. The maximum atomic E-state index is 13.4. The standard InChI is InChI=1S/C24H18FN3O6/c25-17-7-3-13(4-8-17)19(29)12-26(22(30)14-5-9-18(10-6-14)28(33)34)27-23(31)20-15-1-2-16(11-15)21(20)24(27)32/h1-10,15-16,20-21H,11-12H2/t15-,16-,20-,21-/m0/s1. The Bertz CT molecular complexity index is 1230. The second kappa shape index (κ2) is 7.98. The lowest BCUT2D eigenvalue weighted by Crippen LogP contribution is -2.52. The molecule has 0 spiro atoms. The number of fused-ring (bicyclic) bond motifs is 5. The van der Waals surface area contributed by atoms with Crippen LogP contribution in [0.2, 0.25) is 0 Å². The fourth-order valence-electron chi connectivity index (χ4n) is 5.10. The van der Waals surface area contributed by atoms with Crippen molar-refractivity contribution in [2.24, 2.45) is 23.7 Å². The van der Waals surface area contributed by atoms with Crippen molar-refractivity contribution < 1.29 is 28.5 Å². The minimum absolute atomic E-state index is 0.0312. The zero-order chi connectivity index (χ0) is 24.1. The van der Waals surface area contributed by atoms with Crippen LogP contribution in [-0.4, -0.2) is 45.0 Å². The molecular weight excluding hydrogens is 445 g/mol. The quantitative estimate of drug-likeness (QED) is 0.214. The summed E-state index contributed by atoms with van der Waals surface area (Å²) in [6.07, 6.45) is 4.52. The van der Waals surface area contributed by atoms with Gasteiger partial charge in [0.2, 0.25) is 0 Å². The summed E-state index contributed by atoms with van der Waals surface area (Å²) in [7, 11) is 0. The molecule has 1 aliphatic heterocycles. The number of rotatable bonds is 6. The molecule has 0 radical (unpaired) electrons. The van der Waals surface area contributed by atoms with E-state index >= 15 is 0 Å². The molecule has 3 amide bonds. The maximum absolute atomic E-state index is 13.4. The molecule has 1 saturated heterocycles. The van der Waals surface area contributed by atoms with Crippen molar-refractivity contribution in [2.75, 3.05) is 6.54 Å². The fraction of sp³-hybridized carbons (Fsp3) is 0.250. The highest BCUT2D eigenvalue weighted by Gasteiger charge is 2.61. The lowest BCUT2D eigenvalue weighted by molar-refractivity contribution is -0.384. The fourth-order valence-corrected chi connectivity index (χ4v) is 5.10. The van der Waals surface area contributed by atoms with Gasteiger partial charge in [-0.2, -0.15) is 5.01 Å². The first kappa shape index (κ1) is 21.6. The van der Waals surface area contributed by atoms with Crippen LogP contribution in [0.1, 0.15) is 27.1 Å². The number of carbonyl (C=O) groups is 4. The number of halogens is 1. The largest absolute Gasteiger partial charge is 0.292 e. The number of hydrogen-bond donors (Lipinski definition) is 0. The summed E-state index contributed by atoms with van der Waals surface area (Å²) >= 11 is 0. The van der Waals surface area contributed by atoms with E-state index < -0.39 is 52.6 Å². The summed E-state index contributed by atoms with van der Waals surface area (Å²) in [5, 5.41) is 12.5. The minimum atomic E-state index is -0.827. The number of imide groups is 1. The summed E-state index contributed by atoms with van der Waals surface area (Å²) in [6, 6.07) is 9.34. The van der Waals surface area contributed by atoms with Crippen LogP contribution in [0.15, 0.2) is 60.7 Å². The molecule has 2 aromatic carbocycles. The van der Waals surface area contributed by atoms with E-state index in [4.69, 9.17) is 0 Å². The molecule has 172 valence electrons. The third kappa shape index (κ3) is 3.38. The predicted molar refractivity (Wildman–Crippen MR) is 114 cm³/mol. The van der Waals surface area contributed by atoms with Gasteiger partial charge in [-0.05, 0) is 54.7 Å². The molecule has 3 aliphatic rings. The van der Waals surface area contributed by atoms with Gasteiger partial charge in [0.25, 0.3) is 23.4 Å². The smallest absolute Gasteiger partial charge is 0.273 e. The lowest BCUT2D eigenvalue weighted by Gasteiger charge is -2.30. The molecule has 0 N–H and O–H groups in total. The van der Waals surface area contributed by atoms with Crippen molar-refractivity contribution in [3.05, 3.63) is 87.7 Å². The molecule has 2 bridgehead atoms. The molecule has 0 aromatic heterocycles. The number of amides is 3. The van der Waals surface area contributed by atoms with Crippen molar-refractivity contribution in [3.63, 3.8) is 0 Å². The van der Waals surface area contributed by atoms with Gasteiger partial charge in [-0.3, -0.25) is 29.3 Å². The van der Waals surface area contributed by atoms with Crippen molar-refractivity contribution in [2.45, 2.75) is 6.42 Å². The highest BCUT2D eigenvalue weighted by Crippen LogP contribution is 2.52. The summed E-state index contributed by atoms with van der Waals surface area (Å²) in [5.74, 6) is -4.44. The van der Waals surface area contributed by atoms with Gasteiger partial charge >= 0.3 is 0 Å². The highest BCUT2D eigenvalue weighted by molar-refractivity contribution is 6.10. The molecule has 0 unspecified atom stereocenters. The number of non-ortho nitro benzene ring substituents is 1. The topological polar surface area (TPSA) is 118 Å². The first-order valence-corrected chi connectivity index (χ1v) is 10.7. The first-order chi connectivity index (χ1) is 16.3. The normalized spacial score (nSPS) is 24.4. The summed E-state index contributed by atoms with van der Waals surface area (Å²) < 4.78 is 13.3. The maximum Gasteiger partial charge on any atom is 0.273 e. The van der Waals surface area contributed by atoms with Gasteiger partial charge in [0.15, 0.2) is 5.78 Å². The van der Waals surface area contributed by atoms with Gasteiger partial charge in [0.1, 0.15) is 12.4 Å². The Kier molecular flexibility index (Phi) is 5.07. The zero-order valence-electron chi connectivity index (χ0n) is 17.7. The average molecular weight is 463 g/mol. The van der Waals surface area contributed by atoms with Crippen LogP contribution >= 0.6 is 0 Å². The van der Waals surface area contributed by atoms with Crippen LogP contribution in [0.3, 0.4) is 0 Å². The van der Waals surface area contributed by atoms with Crippen LogP contribution < -0.4 is 0 Å². The Labute approximate surface area is 192 Å². The Hall–Kier alpha value is -4.21. The van der Waals surface area contributed by atoms with Crippen molar-refractivity contribution >= 4 is 29.2 Å². The Morgan fingerprint density at radius 1 is 0.941 bits per heavy atom. The van der Waals surface area contributed by atoms with E-state index in [0.29, 0.717) is 6.42 Å². The third-order valence-electron chi connectivity index (χ3n) is 6.71. The highest BCUT2D eigenvalue weighted by atomic mass is 19.1. The molecule has 9 nitrogen and oxygen atoms in total. The summed E-state index contributed by atoms with van der Waals surface area (Å²) in [4.78, 5) is 63.3. The molecule has 5 rings (SSSR count). The second-order valence-corrected chi connectivity index (χ2v) is 8.59. The van der Waals surface area contributed by atoms with Gasteiger partial charge in [-0.15, -0.1) is 0 Å². The summed E-state index contributed by atoms with van der Waals surface area (Å²) in [6.45, 7) is -0.638. The Morgan fingerprint density at radius 3 is 2.00 bits per heavy atom. The number of nitrogens with zero attached hydrogens (tertiary/aromatic N) is 3. The predicted octanol–water partition coefficient (Wildman–Crippen LogP) is 2.78. The van der Waals surface area contributed by atoms with Crippen LogP contribution in [-0.2, 0) is 9.59 Å². The number of nitro benzene ring substituents is 1. The number of nitro groups is 1. The van der Waals surface area contributed by atoms with Crippen molar-refractivity contribution in [1.29, 1.82) is 0 Å². The van der Waals surface area contributed by atoms with Crippen LogP contribution in [0, 0.1) is 39.6 Å². The number of Topliss-reactive ketones (excluding diaryl/α,β-unsaturated/α-hetero) is 1. The Morgan fingerprint density at radius 2 is 1.47 bits per heavy atom. The summed E-state index contributed by atoms with van der Waals surface area (Å²) in [5.41, 5.74) is -0.170. The number of carbonyl (C=O) groups excluding carboxylic acids is 4. The number of benzene rings is 2. The molecule has 2 fully saturated rings. The van der Waals surface area contributed by atoms with Crippen molar-refractivity contribution in [3.8, 4) is 0 Å². The second-order valence-electron chi connectivity index (χ2n) is 8.59. The number of hydrazine groups is 1. The lowest BCUT2D eigenvalue weighted by atomic mass is 9.85. The zero-order valence-corrected chi connectivity index (χ0v) is 17.7. The van der Waals surface area contributed by atoms with E-state index in [9.17, 15) is 33.7 Å². The van der Waals surface area contributed by atoms with Gasteiger partial charge in [-0.25, -0.2) is 9.40 Å². The molecule has 2 aliphatic carbocycles. The van der Waals surface area contributed by atoms with Crippen LogP contribution in [0.25, 0.3) is 0 Å². The Balaban J connectivity index is 1.49. The third-order valence-corrected chi connectivity index (χ3v) is 6.71. The molecule has 2 aromatic rings. The molecule has 1 heterocycles. The van der Waals surface area contributed by atoms with Gasteiger partial charge in [0, 0.05) is 23.3 Å². The molecular formula is C24H18FN3O6. The number of ketones is 1. The van der Waals surface area contributed by atoms with E-state index in [-0.39, 0.29) is 28.7 Å². The van der Waals surface area contributed by atoms with E-state index in [1.165, 1.54) is 24.3 Å². The van der Waals surface area contributed by atoms with E-state index in [1.807, 2.05) is 12.2 Å². The van der Waals surface area contributed by atoms with Gasteiger partial charge in [-0.1, -0.05) is 12.2 Å². The van der Waals surface area contributed by atoms with Crippen LogP contribution in [0.5, 0.6) is 0 Å². The van der Waals surface area contributed by atoms with Gasteiger partial charge < -0.3 is 0 Å². The van der Waals surface area contributed by atoms with E-state index in [1.54, 1.807) is 0 Å².